The lowest BCUT2D eigenvalue weighted by Gasteiger charge is -2.15. The molecule has 0 fully saturated rings. The van der Waals surface area contributed by atoms with Gasteiger partial charge in [0, 0.05) is 18.0 Å². The van der Waals surface area contributed by atoms with Crippen LogP contribution in [0.3, 0.4) is 0 Å². The average Bonchev–Trinajstić information content (AvgIpc) is 2.98. The number of unbranched alkanes of at least 4 members (excludes halogenated alkanes) is 1. The highest BCUT2D eigenvalue weighted by Crippen LogP contribution is 2.31. The molecular formula is C18H22ClN3O3S2. The Bertz CT molecular complexity index is 933. The number of esters is 1. The van der Waals surface area contributed by atoms with E-state index in [0.717, 1.165) is 55.0 Å². The van der Waals surface area contributed by atoms with Gasteiger partial charge < -0.3 is 4.74 Å². The fourth-order valence-corrected chi connectivity index (χ4v) is 4.65. The van der Waals surface area contributed by atoms with Gasteiger partial charge >= 0.3 is 10.8 Å². The Morgan fingerprint density at radius 2 is 2.11 bits per heavy atom. The van der Waals surface area contributed by atoms with Crippen molar-refractivity contribution in [1.29, 1.82) is 0 Å². The number of hydrogen-bond acceptors (Lipinski definition) is 6. The van der Waals surface area contributed by atoms with Crippen LogP contribution < -0.4 is 9.67 Å². The molecule has 1 aliphatic heterocycles. The summed E-state index contributed by atoms with van der Waals surface area (Å²) in [6.07, 6.45) is 3.93. The Kier molecular flexibility index (Phi) is 7.20. The van der Waals surface area contributed by atoms with Gasteiger partial charge in [-0.1, -0.05) is 24.9 Å². The van der Waals surface area contributed by atoms with Gasteiger partial charge in [-0.3, -0.25) is 14.3 Å². The Morgan fingerprint density at radius 1 is 1.33 bits per heavy atom. The first-order valence-electron chi connectivity index (χ1n) is 9.02. The molecule has 2 aromatic rings. The second-order valence-electron chi connectivity index (χ2n) is 6.19. The van der Waals surface area contributed by atoms with Crippen LogP contribution in [0.5, 0.6) is 0 Å². The predicted octanol–water partition coefficient (Wildman–Crippen LogP) is 3.83. The number of ether oxygens (including phenoxy) is 1. The Morgan fingerprint density at radius 3 is 2.89 bits per heavy atom. The van der Waals surface area contributed by atoms with Gasteiger partial charge in [-0.05, 0) is 48.8 Å². The fraction of sp³-hybridized carbons (Fsp3) is 0.500. The maximum Gasteiger partial charge on any atom is 0.325 e. The summed E-state index contributed by atoms with van der Waals surface area (Å²) >= 11 is 8.75. The van der Waals surface area contributed by atoms with Gasteiger partial charge in [0.25, 0.3) is 0 Å². The molecule has 0 spiro atoms. The average molecular weight is 428 g/mol. The van der Waals surface area contributed by atoms with E-state index in [-0.39, 0.29) is 16.6 Å². The summed E-state index contributed by atoms with van der Waals surface area (Å²) in [6.45, 7) is 4.05. The first kappa shape index (κ1) is 20.2. The maximum absolute atomic E-state index is 12.1. The molecule has 0 N–H and O–H groups in total. The summed E-state index contributed by atoms with van der Waals surface area (Å²) in [5, 5.41) is 0.569. The highest BCUT2D eigenvalue weighted by atomic mass is 35.5. The number of rotatable bonds is 7. The molecule has 1 aromatic carbocycles. The molecule has 0 atom stereocenters. The molecule has 27 heavy (non-hydrogen) atoms. The first-order chi connectivity index (χ1) is 13.1. The van der Waals surface area contributed by atoms with E-state index in [4.69, 9.17) is 16.3 Å². The topological polar surface area (TPSA) is 65.6 Å². The van der Waals surface area contributed by atoms with E-state index in [1.54, 1.807) is 10.7 Å². The van der Waals surface area contributed by atoms with Crippen molar-refractivity contribution in [3.8, 4) is 0 Å². The van der Waals surface area contributed by atoms with Crippen molar-refractivity contribution in [1.82, 2.24) is 9.36 Å². The summed E-state index contributed by atoms with van der Waals surface area (Å²) in [5.41, 5.74) is 0.712. The van der Waals surface area contributed by atoms with E-state index in [2.05, 4.69) is 11.9 Å². The van der Waals surface area contributed by atoms with Gasteiger partial charge in [0.15, 0.2) is 0 Å². The highest BCUT2D eigenvalue weighted by molar-refractivity contribution is 8.00. The molecular weight excluding hydrogens is 406 g/mol. The van der Waals surface area contributed by atoms with Crippen LogP contribution in [0.4, 0.5) is 5.69 Å². The van der Waals surface area contributed by atoms with E-state index in [9.17, 15) is 9.59 Å². The molecule has 0 amide bonds. The van der Waals surface area contributed by atoms with Crippen LogP contribution in [0.1, 0.15) is 32.6 Å². The van der Waals surface area contributed by atoms with E-state index in [1.165, 1.54) is 11.8 Å². The second-order valence-corrected chi connectivity index (χ2v) is 8.54. The molecule has 2 heterocycles. The van der Waals surface area contributed by atoms with E-state index in [0.29, 0.717) is 22.1 Å². The number of aromatic nitrogens is 2. The first-order valence-corrected chi connectivity index (χ1v) is 11.2. The minimum Gasteiger partial charge on any atom is -0.465 e. The predicted molar refractivity (Wildman–Crippen MR) is 109 cm³/mol. The fourth-order valence-electron chi connectivity index (χ4n) is 2.71. The molecule has 1 aromatic heterocycles. The van der Waals surface area contributed by atoms with Crippen molar-refractivity contribution < 1.29 is 9.53 Å². The third-order valence-corrected chi connectivity index (χ3v) is 6.48. The largest absolute Gasteiger partial charge is 0.465 e. The number of benzene rings is 1. The van der Waals surface area contributed by atoms with Crippen LogP contribution in [0.15, 0.2) is 32.9 Å². The smallest absolute Gasteiger partial charge is 0.325 e. The number of thioether (sulfide) groups is 1. The minimum atomic E-state index is -0.248. The van der Waals surface area contributed by atoms with Crippen LogP contribution in [-0.4, -0.2) is 27.7 Å². The normalized spacial score (nSPS) is 14.2. The van der Waals surface area contributed by atoms with Crippen molar-refractivity contribution >= 4 is 46.4 Å². The third-order valence-electron chi connectivity index (χ3n) is 4.14. The molecule has 1 aliphatic rings. The quantitative estimate of drug-likeness (QED) is 0.382. The Hall–Kier alpha value is -1.51. The summed E-state index contributed by atoms with van der Waals surface area (Å²) in [7, 11) is 0. The van der Waals surface area contributed by atoms with Gasteiger partial charge in [-0.25, -0.2) is 9.67 Å². The van der Waals surface area contributed by atoms with Crippen LogP contribution in [-0.2, 0) is 22.6 Å². The summed E-state index contributed by atoms with van der Waals surface area (Å²) < 4.78 is 8.87. The molecule has 0 saturated carbocycles. The van der Waals surface area contributed by atoms with Crippen molar-refractivity contribution in [2.24, 2.45) is 4.99 Å². The molecule has 0 aliphatic carbocycles. The number of fused-ring (bicyclic) bond motifs is 1. The van der Waals surface area contributed by atoms with Crippen LogP contribution >= 0.6 is 34.7 Å². The zero-order valence-electron chi connectivity index (χ0n) is 15.1. The van der Waals surface area contributed by atoms with Gasteiger partial charge in [-0.2, -0.15) is 0 Å². The number of carbonyl (C=O) groups excluding carboxylic acids is 1. The molecule has 9 heteroatoms. The standard InChI is InChI=1S/C18H22ClN3O3S2/c1-2-3-10-25-16(23)12-26-15-11-13(6-7-14(15)19)20-17-21-8-4-5-9-22(21)18(24)27-17/h6-7,11H,2-5,8-10,12H2,1H3. The SMILES string of the molecule is CCCCOC(=O)CSc1cc(N=c2sc(=O)n3n2CCCC3)ccc1Cl. The Labute approximate surface area is 170 Å². The van der Waals surface area contributed by atoms with Crippen LogP contribution in [0, 0.1) is 0 Å². The number of carbonyl (C=O) groups is 1. The van der Waals surface area contributed by atoms with Crippen molar-refractivity contribution in [3.63, 3.8) is 0 Å². The van der Waals surface area contributed by atoms with E-state index < -0.39 is 0 Å². The zero-order valence-corrected chi connectivity index (χ0v) is 17.5. The molecule has 0 bridgehead atoms. The maximum atomic E-state index is 12.1. The highest BCUT2D eigenvalue weighted by Gasteiger charge is 2.13. The van der Waals surface area contributed by atoms with E-state index in [1.807, 2.05) is 16.8 Å². The molecule has 0 unspecified atom stereocenters. The minimum absolute atomic E-state index is 0.0202. The Balaban J connectivity index is 1.76. The second kappa shape index (κ2) is 9.61. The van der Waals surface area contributed by atoms with Crippen molar-refractivity contribution in [2.75, 3.05) is 12.4 Å². The lowest BCUT2D eigenvalue weighted by molar-refractivity contribution is -0.140. The molecule has 146 valence electrons. The zero-order chi connectivity index (χ0) is 19.2. The molecule has 0 radical (unpaired) electrons. The molecule has 6 nitrogen and oxygen atoms in total. The molecule has 3 rings (SSSR count). The van der Waals surface area contributed by atoms with Gasteiger partial charge in [-0.15, -0.1) is 11.8 Å². The summed E-state index contributed by atoms with van der Waals surface area (Å²) in [4.78, 5) is 30.0. The summed E-state index contributed by atoms with van der Waals surface area (Å²) in [5.74, 6) is -0.0431. The van der Waals surface area contributed by atoms with Gasteiger partial charge in [0.1, 0.15) is 0 Å². The number of halogens is 1. The van der Waals surface area contributed by atoms with Crippen molar-refractivity contribution in [2.45, 2.75) is 50.6 Å². The van der Waals surface area contributed by atoms with Crippen molar-refractivity contribution in [3.05, 3.63) is 37.7 Å². The number of nitrogens with zero attached hydrogens (tertiary/aromatic N) is 3. The number of hydrogen-bond donors (Lipinski definition) is 0. The van der Waals surface area contributed by atoms with Crippen LogP contribution in [0.25, 0.3) is 0 Å². The van der Waals surface area contributed by atoms with Gasteiger partial charge in [0.2, 0.25) is 4.80 Å². The van der Waals surface area contributed by atoms with Gasteiger partial charge in [0.05, 0.1) is 23.1 Å². The lowest BCUT2D eigenvalue weighted by Crippen LogP contribution is -2.31. The monoisotopic (exact) mass is 427 g/mol. The van der Waals surface area contributed by atoms with Crippen LogP contribution in [0.2, 0.25) is 5.02 Å². The third kappa shape index (κ3) is 5.27. The molecule has 0 saturated heterocycles. The summed E-state index contributed by atoms with van der Waals surface area (Å²) in [6, 6.07) is 5.43. The van der Waals surface area contributed by atoms with E-state index >= 15 is 0 Å². The lowest BCUT2D eigenvalue weighted by atomic mass is 10.3.